The predicted octanol–water partition coefficient (Wildman–Crippen LogP) is 4.60. The molecule has 0 bridgehead atoms. The monoisotopic (exact) mass is 343 g/mol. The van der Waals surface area contributed by atoms with E-state index in [1.807, 2.05) is 6.07 Å². The van der Waals surface area contributed by atoms with Crippen molar-refractivity contribution in [2.24, 2.45) is 0 Å². The Hall–Kier alpha value is -1.61. The van der Waals surface area contributed by atoms with E-state index in [9.17, 15) is 4.79 Å². The summed E-state index contributed by atoms with van der Waals surface area (Å²) in [6, 6.07) is 14.6. The Morgan fingerprint density at radius 1 is 1.19 bits per heavy atom. The van der Waals surface area contributed by atoms with Crippen molar-refractivity contribution in [3.05, 3.63) is 63.6 Å². The van der Waals surface area contributed by atoms with Crippen LogP contribution in [0.4, 0.5) is 5.69 Å². The molecule has 0 unspecified atom stereocenters. The van der Waals surface area contributed by atoms with Gasteiger partial charge in [-0.3, -0.25) is 4.79 Å². The normalized spacial score (nSPS) is 13.9. The van der Waals surface area contributed by atoms with Crippen LogP contribution < -0.4 is 4.90 Å². The maximum Gasteiger partial charge on any atom is 0.159 e. The van der Waals surface area contributed by atoms with Crippen LogP contribution in [-0.2, 0) is 13.0 Å². The number of halogens is 1. The molecule has 0 fully saturated rings. The Bertz CT molecular complexity index is 663. The third-order valence-electron chi connectivity index (χ3n) is 3.99. The minimum absolute atomic E-state index is 0.142. The summed E-state index contributed by atoms with van der Waals surface area (Å²) < 4.78 is 1.11. The van der Waals surface area contributed by atoms with Crippen molar-refractivity contribution in [1.29, 1.82) is 0 Å². The molecule has 3 rings (SSSR count). The van der Waals surface area contributed by atoms with Crippen molar-refractivity contribution >= 4 is 27.4 Å². The number of rotatable bonds is 3. The summed E-state index contributed by atoms with van der Waals surface area (Å²) >= 11 is 3.47. The fourth-order valence-corrected chi connectivity index (χ4v) is 3.13. The van der Waals surface area contributed by atoms with Gasteiger partial charge in [0.1, 0.15) is 0 Å². The predicted molar refractivity (Wildman–Crippen MR) is 90.0 cm³/mol. The van der Waals surface area contributed by atoms with E-state index < -0.39 is 0 Å². The number of carbonyl (C=O) groups excluding carboxylic acids is 1. The van der Waals surface area contributed by atoms with Crippen LogP contribution in [0.3, 0.4) is 0 Å². The van der Waals surface area contributed by atoms with Crippen molar-refractivity contribution in [3.8, 4) is 0 Å². The van der Waals surface area contributed by atoms with E-state index >= 15 is 0 Å². The van der Waals surface area contributed by atoms with Crippen molar-refractivity contribution in [2.45, 2.75) is 26.3 Å². The molecule has 2 nitrogen and oxygen atoms in total. The van der Waals surface area contributed by atoms with Gasteiger partial charge >= 0.3 is 0 Å². The van der Waals surface area contributed by atoms with Crippen LogP contribution >= 0.6 is 15.9 Å². The van der Waals surface area contributed by atoms with E-state index in [0.717, 1.165) is 36.0 Å². The number of ketones is 1. The lowest BCUT2D eigenvalue weighted by Crippen LogP contribution is -2.28. The molecule has 3 heteroatoms. The SMILES string of the molecule is CC(=O)c1ccc2c(c1)CCCN2Cc1ccc(Br)cc1. The van der Waals surface area contributed by atoms with E-state index in [1.165, 1.54) is 16.8 Å². The Balaban J connectivity index is 1.86. The lowest BCUT2D eigenvalue weighted by molar-refractivity contribution is 0.101. The van der Waals surface area contributed by atoms with Gasteiger partial charge in [0.15, 0.2) is 5.78 Å². The van der Waals surface area contributed by atoms with Crippen LogP contribution in [-0.4, -0.2) is 12.3 Å². The fourth-order valence-electron chi connectivity index (χ4n) is 2.87. The Morgan fingerprint density at radius 2 is 1.95 bits per heavy atom. The fraction of sp³-hybridized carbons (Fsp3) is 0.278. The van der Waals surface area contributed by atoms with Gasteiger partial charge in [-0.15, -0.1) is 0 Å². The van der Waals surface area contributed by atoms with E-state index in [4.69, 9.17) is 0 Å². The molecule has 1 aliphatic heterocycles. The van der Waals surface area contributed by atoms with Gasteiger partial charge in [-0.05, 0) is 61.2 Å². The number of hydrogen-bond donors (Lipinski definition) is 0. The van der Waals surface area contributed by atoms with E-state index in [2.05, 4.69) is 57.2 Å². The molecule has 2 aromatic carbocycles. The number of Topliss-reactive ketones (excluding diaryl/α,β-unsaturated/α-hetero) is 1. The Morgan fingerprint density at radius 3 is 2.67 bits per heavy atom. The van der Waals surface area contributed by atoms with Crippen LogP contribution in [0.1, 0.15) is 34.8 Å². The zero-order valence-electron chi connectivity index (χ0n) is 12.1. The first-order chi connectivity index (χ1) is 10.1. The third kappa shape index (κ3) is 3.18. The molecule has 0 aromatic heterocycles. The molecule has 0 N–H and O–H groups in total. The number of hydrogen-bond acceptors (Lipinski definition) is 2. The zero-order valence-corrected chi connectivity index (χ0v) is 13.7. The summed E-state index contributed by atoms with van der Waals surface area (Å²) in [5.74, 6) is 0.142. The minimum atomic E-state index is 0.142. The first-order valence-electron chi connectivity index (χ1n) is 7.27. The van der Waals surface area contributed by atoms with Crippen molar-refractivity contribution in [3.63, 3.8) is 0 Å². The van der Waals surface area contributed by atoms with Gasteiger partial charge in [0, 0.05) is 28.8 Å². The minimum Gasteiger partial charge on any atom is -0.367 e. The zero-order chi connectivity index (χ0) is 14.8. The van der Waals surface area contributed by atoms with Gasteiger partial charge in [-0.1, -0.05) is 28.1 Å². The topological polar surface area (TPSA) is 20.3 Å². The highest BCUT2D eigenvalue weighted by Gasteiger charge is 2.18. The quantitative estimate of drug-likeness (QED) is 0.758. The van der Waals surface area contributed by atoms with Gasteiger partial charge in [0.2, 0.25) is 0 Å². The number of anilines is 1. The van der Waals surface area contributed by atoms with Gasteiger partial charge in [0.25, 0.3) is 0 Å². The van der Waals surface area contributed by atoms with E-state index in [-0.39, 0.29) is 5.78 Å². The molecule has 0 aliphatic carbocycles. The summed E-state index contributed by atoms with van der Waals surface area (Å²) in [4.78, 5) is 13.9. The number of aryl methyl sites for hydroxylation is 1. The third-order valence-corrected chi connectivity index (χ3v) is 4.52. The molecule has 2 aromatic rings. The van der Waals surface area contributed by atoms with E-state index in [1.54, 1.807) is 6.92 Å². The van der Waals surface area contributed by atoms with Crippen LogP contribution in [0.15, 0.2) is 46.9 Å². The van der Waals surface area contributed by atoms with Gasteiger partial charge in [-0.25, -0.2) is 0 Å². The molecular formula is C18H18BrNO. The maximum atomic E-state index is 11.5. The summed E-state index contributed by atoms with van der Waals surface area (Å²) in [6.45, 7) is 3.62. The molecule has 21 heavy (non-hydrogen) atoms. The van der Waals surface area contributed by atoms with Crippen LogP contribution in [0, 0.1) is 0 Å². The van der Waals surface area contributed by atoms with Gasteiger partial charge in [-0.2, -0.15) is 0 Å². The molecule has 1 heterocycles. The second-order valence-corrected chi connectivity index (χ2v) is 6.47. The molecule has 108 valence electrons. The molecule has 0 atom stereocenters. The summed E-state index contributed by atoms with van der Waals surface area (Å²) in [7, 11) is 0. The van der Waals surface area contributed by atoms with Crippen LogP contribution in [0.25, 0.3) is 0 Å². The summed E-state index contributed by atoms with van der Waals surface area (Å²) in [5.41, 5.74) is 4.70. The standard InChI is InChI=1S/C18H18BrNO/c1-13(21)15-6-9-18-16(11-15)3-2-10-20(18)12-14-4-7-17(19)8-5-14/h4-9,11H,2-3,10,12H2,1H3. The summed E-state index contributed by atoms with van der Waals surface area (Å²) in [5, 5.41) is 0. The molecule has 0 radical (unpaired) electrons. The Kier molecular flexibility index (Phi) is 4.11. The Labute approximate surface area is 133 Å². The second kappa shape index (κ2) is 6.02. The first-order valence-corrected chi connectivity index (χ1v) is 8.06. The van der Waals surface area contributed by atoms with Gasteiger partial charge < -0.3 is 4.90 Å². The molecule has 0 spiro atoms. The molecule has 0 saturated carbocycles. The molecule has 0 saturated heterocycles. The van der Waals surface area contributed by atoms with Crippen molar-refractivity contribution in [1.82, 2.24) is 0 Å². The van der Waals surface area contributed by atoms with Gasteiger partial charge in [0.05, 0.1) is 0 Å². The smallest absolute Gasteiger partial charge is 0.159 e. The average Bonchev–Trinajstić information content (AvgIpc) is 2.49. The first kappa shape index (κ1) is 14.3. The molecule has 1 aliphatic rings. The highest BCUT2D eigenvalue weighted by Crippen LogP contribution is 2.29. The van der Waals surface area contributed by atoms with Crippen molar-refractivity contribution < 1.29 is 4.79 Å². The number of fused-ring (bicyclic) bond motifs is 1. The maximum absolute atomic E-state index is 11.5. The molecule has 0 amide bonds. The largest absolute Gasteiger partial charge is 0.367 e. The highest BCUT2D eigenvalue weighted by molar-refractivity contribution is 9.10. The molecular weight excluding hydrogens is 326 g/mol. The second-order valence-electron chi connectivity index (χ2n) is 5.55. The highest BCUT2D eigenvalue weighted by atomic mass is 79.9. The number of nitrogens with zero attached hydrogens (tertiary/aromatic N) is 1. The average molecular weight is 344 g/mol. The summed E-state index contributed by atoms with van der Waals surface area (Å²) in [6.07, 6.45) is 2.21. The van der Waals surface area contributed by atoms with Crippen molar-refractivity contribution in [2.75, 3.05) is 11.4 Å². The number of carbonyl (C=O) groups is 1. The number of benzene rings is 2. The van der Waals surface area contributed by atoms with Crippen LogP contribution in [0.5, 0.6) is 0 Å². The van der Waals surface area contributed by atoms with Crippen LogP contribution in [0.2, 0.25) is 0 Å². The van der Waals surface area contributed by atoms with E-state index in [0.29, 0.717) is 0 Å². The lowest BCUT2D eigenvalue weighted by Gasteiger charge is -2.31. The lowest BCUT2D eigenvalue weighted by atomic mass is 9.97.